The Morgan fingerprint density at radius 3 is 2.47 bits per heavy atom. The Balaban J connectivity index is 2.25. The van der Waals surface area contributed by atoms with Crippen molar-refractivity contribution in [3.8, 4) is 10.4 Å². The minimum atomic E-state index is 0.709. The Labute approximate surface area is 98.5 Å². The van der Waals surface area contributed by atoms with E-state index in [4.69, 9.17) is 17.3 Å². The fourth-order valence-electron chi connectivity index (χ4n) is 1.42. The highest BCUT2D eigenvalue weighted by Gasteiger charge is 2.01. The van der Waals surface area contributed by atoms with Gasteiger partial charge in [-0.3, -0.25) is 0 Å². The molecule has 0 saturated carbocycles. The molecule has 0 spiro atoms. The lowest BCUT2D eigenvalue weighted by Crippen LogP contribution is -2.00. The van der Waals surface area contributed by atoms with Crippen LogP contribution in [-0.2, 0) is 6.42 Å². The molecular formula is C12H12ClNS. The van der Waals surface area contributed by atoms with E-state index in [-0.39, 0.29) is 0 Å². The molecule has 0 saturated heterocycles. The molecule has 0 radical (unpaired) electrons. The van der Waals surface area contributed by atoms with Gasteiger partial charge < -0.3 is 5.73 Å². The van der Waals surface area contributed by atoms with Crippen molar-refractivity contribution in [2.24, 2.45) is 5.73 Å². The molecule has 1 aromatic carbocycles. The van der Waals surface area contributed by atoms with Gasteiger partial charge in [-0.05, 0) is 42.8 Å². The molecule has 0 amide bonds. The van der Waals surface area contributed by atoms with Gasteiger partial charge in [-0.15, -0.1) is 11.3 Å². The van der Waals surface area contributed by atoms with Crippen molar-refractivity contribution < 1.29 is 0 Å². The van der Waals surface area contributed by atoms with Gasteiger partial charge in [0.25, 0.3) is 0 Å². The summed E-state index contributed by atoms with van der Waals surface area (Å²) in [6.45, 7) is 0.709. The van der Waals surface area contributed by atoms with Gasteiger partial charge in [0.1, 0.15) is 0 Å². The van der Waals surface area contributed by atoms with E-state index in [0.717, 1.165) is 11.4 Å². The lowest BCUT2D eigenvalue weighted by Gasteiger charge is -1.96. The van der Waals surface area contributed by atoms with Gasteiger partial charge in [0.2, 0.25) is 0 Å². The Hall–Kier alpha value is -0.830. The van der Waals surface area contributed by atoms with Crippen molar-refractivity contribution in [2.75, 3.05) is 6.54 Å². The van der Waals surface area contributed by atoms with Crippen molar-refractivity contribution in [3.05, 3.63) is 46.3 Å². The average Bonchev–Trinajstić information content (AvgIpc) is 2.68. The van der Waals surface area contributed by atoms with Crippen LogP contribution in [-0.4, -0.2) is 6.54 Å². The van der Waals surface area contributed by atoms with E-state index in [1.54, 1.807) is 11.3 Å². The van der Waals surface area contributed by atoms with Gasteiger partial charge in [-0.25, -0.2) is 0 Å². The van der Waals surface area contributed by atoms with Crippen LogP contribution in [0.4, 0.5) is 0 Å². The van der Waals surface area contributed by atoms with Crippen LogP contribution in [0.3, 0.4) is 0 Å². The first-order valence-corrected chi connectivity index (χ1v) is 6.04. The first kappa shape index (κ1) is 10.7. The van der Waals surface area contributed by atoms with E-state index in [1.807, 2.05) is 24.3 Å². The predicted octanol–water partition coefficient (Wildman–Crippen LogP) is 3.57. The zero-order valence-corrected chi connectivity index (χ0v) is 9.81. The van der Waals surface area contributed by atoms with E-state index in [2.05, 4.69) is 12.1 Å². The molecule has 78 valence electrons. The molecule has 3 heteroatoms. The molecule has 0 fully saturated rings. The first-order chi connectivity index (χ1) is 7.29. The van der Waals surface area contributed by atoms with Crippen LogP contribution in [0.25, 0.3) is 10.4 Å². The van der Waals surface area contributed by atoms with Crippen LogP contribution in [0.1, 0.15) is 4.88 Å². The van der Waals surface area contributed by atoms with Gasteiger partial charge in [0, 0.05) is 14.8 Å². The zero-order valence-electron chi connectivity index (χ0n) is 8.24. The van der Waals surface area contributed by atoms with Crippen LogP contribution in [0.5, 0.6) is 0 Å². The maximum Gasteiger partial charge on any atom is 0.0406 e. The van der Waals surface area contributed by atoms with Gasteiger partial charge in [0.15, 0.2) is 0 Å². The summed E-state index contributed by atoms with van der Waals surface area (Å²) in [7, 11) is 0. The van der Waals surface area contributed by atoms with Crippen molar-refractivity contribution in [1.29, 1.82) is 0 Å². The summed E-state index contributed by atoms with van der Waals surface area (Å²) >= 11 is 7.63. The van der Waals surface area contributed by atoms with E-state index >= 15 is 0 Å². The van der Waals surface area contributed by atoms with Gasteiger partial charge in [0.05, 0.1) is 0 Å². The highest BCUT2D eigenvalue weighted by atomic mass is 35.5. The maximum atomic E-state index is 5.84. The van der Waals surface area contributed by atoms with Crippen LogP contribution >= 0.6 is 22.9 Å². The number of nitrogens with two attached hydrogens (primary N) is 1. The predicted molar refractivity (Wildman–Crippen MR) is 67.5 cm³/mol. The summed E-state index contributed by atoms with van der Waals surface area (Å²) in [6, 6.07) is 12.2. The monoisotopic (exact) mass is 237 g/mol. The Kier molecular flexibility index (Phi) is 3.41. The number of hydrogen-bond donors (Lipinski definition) is 1. The summed E-state index contributed by atoms with van der Waals surface area (Å²) in [5.74, 6) is 0. The lowest BCUT2D eigenvalue weighted by atomic mass is 10.2. The Morgan fingerprint density at radius 1 is 1.07 bits per heavy atom. The molecule has 0 aliphatic heterocycles. The number of halogens is 1. The van der Waals surface area contributed by atoms with Crippen molar-refractivity contribution >= 4 is 22.9 Å². The summed E-state index contributed by atoms with van der Waals surface area (Å²) in [4.78, 5) is 2.61. The topological polar surface area (TPSA) is 26.0 Å². The summed E-state index contributed by atoms with van der Waals surface area (Å²) in [5, 5.41) is 0.775. The minimum absolute atomic E-state index is 0.709. The Bertz CT molecular complexity index is 433. The molecule has 2 aromatic rings. The zero-order chi connectivity index (χ0) is 10.7. The second-order valence-electron chi connectivity index (χ2n) is 3.31. The maximum absolute atomic E-state index is 5.84. The smallest absolute Gasteiger partial charge is 0.0406 e. The van der Waals surface area contributed by atoms with Crippen LogP contribution in [0, 0.1) is 0 Å². The normalized spacial score (nSPS) is 10.5. The molecule has 1 aromatic heterocycles. The molecule has 15 heavy (non-hydrogen) atoms. The quantitative estimate of drug-likeness (QED) is 0.868. The molecule has 1 heterocycles. The molecule has 0 atom stereocenters. The number of rotatable bonds is 3. The summed E-state index contributed by atoms with van der Waals surface area (Å²) in [5.41, 5.74) is 6.73. The van der Waals surface area contributed by atoms with Crippen LogP contribution < -0.4 is 5.73 Å². The van der Waals surface area contributed by atoms with Crippen molar-refractivity contribution in [3.63, 3.8) is 0 Å². The van der Waals surface area contributed by atoms with Crippen molar-refractivity contribution in [1.82, 2.24) is 0 Å². The lowest BCUT2D eigenvalue weighted by molar-refractivity contribution is 0.989. The van der Waals surface area contributed by atoms with E-state index < -0.39 is 0 Å². The SMILES string of the molecule is NCCc1ccc(-c2ccc(Cl)cc2)s1. The van der Waals surface area contributed by atoms with Crippen LogP contribution in [0.2, 0.25) is 5.02 Å². The van der Waals surface area contributed by atoms with E-state index in [1.165, 1.54) is 15.3 Å². The molecule has 0 bridgehead atoms. The van der Waals surface area contributed by atoms with E-state index in [0.29, 0.717) is 6.54 Å². The standard InChI is InChI=1S/C12H12ClNS/c13-10-3-1-9(2-4-10)12-6-5-11(15-12)7-8-14/h1-6H,7-8,14H2. The summed E-state index contributed by atoms with van der Waals surface area (Å²) in [6.07, 6.45) is 0.957. The highest BCUT2D eigenvalue weighted by molar-refractivity contribution is 7.15. The number of benzene rings is 1. The number of hydrogen-bond acceptors (Lipinski definition) is 2. The second kappa shape index (κ2) is 4.79. The molecule has 0 unspecified atom stereocenters. The molecule has 0 aliphatic rings. The second-order valence-corrected chi connectivity index (χ2v) is 4.92. The highest BCUT2D eigenvalue weighted by Crippen LogP contribution is 2.28. The fraction of sp³-hybridized carbons (Fsp3) is 0.167. The molecule has 0 aliphatic carbocycles. The third-order valence-corrected chi connectivity index (χ3v) is 3.63. The Morgan fingerprint density at radius 2 is 1.80 bits per heavy atom. The van der Waals surface area contributed by atoms with E-state index in [9.17, 15) is 0 Å². The molecule has 2 rings (SSSR count). The molecule has 2 N–H and O–H groups in total. The molecule has 1 nitrogen and oxygen atoms in total. The minimum Gasteiger partial charge on any atom is -0.330 e. The fourth-order valence-corrected chi connectivity index (χ4v) is 2.58. The van der Waals surface area contributed by atoms with Gasteiger partial charge in [-0.2, -0.15) is 0 Å². The first-order valence-electron chi connectivity index (χ1n) is 4.84. The van der Waals surface area contributed by atoms with Gasteiger partial charge in [-0.1, -0.05) is 23.7 Å². The van der Waals surface area contributed by atoms with Gasteiger partial charge >= 0.3 is 0 Å². The average molecular weight is 238 g/mol. The molecular weight excluding hydrogens is 226 g/mol. The third kappa shape index (κ3) is 2.59. The number of thiophene rings is 1. The summed E-state index contributed by atoms with van der Waals surface area (Å²) < 4.78 is 0. The van der Waals surface area contributed by atoms with Crippen molar-refractivity contribution in [2.45, 2.75) is 6.42 Å². The third-order valence-electron chi connectivity index (χ3n) is 2.18. The van der Waals surface area contributed by atoms with Crippen LogP contribution in [0.15, 0.2) is 36.4 Å². The largest absolute Gasteiger partial charge is 0.330 e.